The van der Waals surface area contributed by atoms with Crippen LogP contribution in [0.1, 0.15) is 47.5 Å². The van der Waals surface area contributed by atoms with E-state index in [0.717, 1.165) is 12.8 Å². The van der Waals surface area contributed by atoms with Gasteiger partial charge < -0.3 is 5.11 Å². The minimum absolute atomic E-state index is 0.106. The third-order valence-electron chi connectivity index (χ3n) is 3.06. The monoisotopic (exact) mass is 158 g/mol. The molecule has 0 saturated carbocycles. The largest absolute Gasteiger partial charge is 0.393 e. The molecule has 1 N–H and O–H groups in total. The lowest BCUT2D eigenvalue weighted by atomic mass is 9.72. The van der Waals surface area contributed by atoms with Gasteiger partial charge in [0.25, 0.3) is 0 Å². The zero-order chi connectivity index (χ0) is 9.07. The fourth-order valence-corrected chi connectivity index (χ4v) is 1.52. The molecule has 0 bridgehead atoms. The molecule has 2 atom stereocenters. The van der Waals surface area contributed by atoms with Crippen LogP contribution in [0.25, 0.3) is 0 Å². The van der Waals surface area contributed by atoms with E-state index in [1.165, 1.54) is 0 Å². The van der Waals surface area contributed by atoms with E-state index in [1.54, 1.807) is 0 Å². The van der Waals surface area contributed by atoms with Gasteiger partial charge in [-0.25, -0.2) is 0 Å². The Morgan fingerprint density at radius 3 is 1.82 bits per heavy atom. The fourth-order valence-electron chi connectivity index (χ4n) is 1.52. The van der Waals surface area contributed by atoms with E-state index in [0.29, 0.717) is 5.92 Å². The maximum absolute atomic E-state index is 9.57. The Balaban J connectivity index is 4.26. The minimum Gasteiger partial charge on any atom is -0.393 e. The summed E-state index contributed by atoms with van der Waals surface area (Å²) in [5.41, 5.74) is 0.106. The second kappa shape index (κ2) is 4.10. The lowest BCUT2D eigenvalue weighted by Crippen LogP contribution is -2.34. The van der Waals surface area contributed by atoms with E-state index in [1.807, 2.05) is 6.92 Å². The van der Waals surface area contributed by atoms with Crippen LogP contribution >= 0.6 is 0 Å². The minimum atomic E-state index is -0.192. The van der Waals surface area contributed by atoms with Gasteiger partial charge in [-0.1, -0.05) is 34.1 Å². The van der Waals surface area contributed by atoms with Gasteiger partial charge in [-0.3, -0.25) is 0 Å². The maximum Gasteiger partial charge on any atom is 0.0568 e. The van der Waals surface area contributed by atoms with Crippen molar-refractivity contribution in [3.63, 3.8) is 0 Å². The molecule has 0 heterocycles. The van der Waals surface area contributed by atoms with Gasteiger partial charge in [0, 0.05) is 0 Å². The van der Waals surface area contributed by atoms with E-state index < -0.39 is 0 Å². The molecule has 68 valence electrons. The van der Waals surface area contributed by atoms with Gasteiger partial charge in [0.15, 0.2) is 0 Å². The van der Waals surface area contributed by atoms with Crippen LogP contribution in [0.2, 0.25) is 0 Å². The summed E-state index contributed by atoms with van der Waals surface area (Å²) in [7, 11) is 0. The third-order valence-corrected chi connectivity index (χ3v) is 3.06. The van der Waals surface area contributed by atoms with Gasteiger partial charge in [0.2, 0.25) is 0 Å². The molecule has 0 fully saturated rings. The quantitative estimate of drug-likeness (QED) is 0.667. The molecule has 0 saturated heterocycles. The van der Waals surface area contributed by atoms with Crippen molar-refractivity contribution in [3.05, 3.63) is 0 Å². The first-order chi connectivity index (χ1) is 4.95. The van der Waals surface area contributed by atoms with Gasteiger partial charge in [0.1, 0.15) is 0 Å². The highest BCUT2D eigenvalue weighted by Crippen LogP contribution is 2.35. The smallest absolute Gasteiger partial charge is 0.0568 e. The summed E-state index contributed by atoms with van der Waals surface area (Å²) in [6.07, 6.45) is 2.07. The number of hydrogen-bond donors (Lipinski definition) is 1. The first kappa shape index (κ1) is 11.0. The summed E-state index contributed by atoms with van der Waals surface area (Å²) in [5.74, 6) is 0.558. The van der Waals surface area contributed by atoms with Crippen molar-refractivity contribution in [1.29, 1.82) is 0 Å². The van der Waals surface area contributed by atoms with Gasteiger partial charge in [0.05, 0.1) is 6.10 Å². The second-order valence-corrected chi connectivity index (χ2v) is 4.09. The topological polar surface area (TPSA) is 20.2 Å². The Morgan fingerprint density at radius 2 is 1.73 bits per heavy atom. The Bertz CT molecular complexity index is 97.4. The van der Waals surface area contributed by atoms with Crippen LogP contribution in [0.5, 0.6) is 0 Å². The molecule has 0 spiro atoms. The Kier molecular flexibility index (Phi) is 4.09. The molecule has 0 aliphatic carbocycles. The fraction of sp³-hybridized carbons (Fsp3) is 1.00. The van der Waals surface area contributed by atoms with Crippen LogP contribution in [0, 0.1) is 11.3 Å². The van der Waals surface area contributed by atoms with Crippen molar-refractivity contribution in [1.82, 2.24) is 0 Å². The van der Waals surface area contributed by atoms with E-state index in [9.17, 15) is 5.11 Å². The van der Waals surface area contributed by atoms with E-state index in [2.05, 4.69) is 27.7 Å². The van der Waals surface area contributed by atoms with Gasteiger partial charge >= 0.3 is 0 Å². The number of rotatable bonds is 4. The SMILES string of the molecule is CCCC(C)(C(C)C)C(C)O. The highest BCUT2D eigenvalue weighted by atomic mass is 16.3. The molecule has 0 aliphatic heterocycles. The molecule has 0 rings (SSSR count). The van der Waals surface area contributed by atoms with Crippen LogP contribution in [0.15, 0.2) is 0 Å². The standard InChI is InChI=1S/C10H22O/c1-6-7-10(5,8(2)3)9(4)11/h8-9,11H,6-7H2,1-5H3. The predicted octanol–water partition coefficient (Wildman–Crippen LogP) is 2.83. The maximum atomic E-state index is 9.57. The zero-order valence-electron chi connectivity index (χ0n) is 8.52. The number of hydrogen-bond acceptors (Lipinski definition) is 1. The van der Waals surface area contributed by atoms with E-state index in [4.69, 9.17) is 0 Å². The summed E-state index contributed by atoms with van der Waals surface area (Å²) in [6, 6.07) is 0. The Morgan fingerprint density at radius 1 is 1.27 bits per heavy atom. The normalized spacial score (nSPS) is 19.9. The molecule has 0 aromatic heterocycles. The van der Waals surface area contributed by atoms with Crippen molar-refractivity contribution in [2.75, 3.05) is 0 Å². The van der Waals surface area contributed by atoms with Crippen LogP contribution in [-0.2, 0) is 0 Å². The molecule has 0 radical (unpaired) electrons. The summed E-state index contributed by atoms with van der Waals surface area (Å²) < 4.78 is 0. The molecular formula is C10H22O. The second-order valence-electron chi connectivity index (χ2n) is 4.09. The Hall–Kier alpha value is -0.0400. The molecule has 0 aliphatic rings. The summed E-state index contributed by atoms with van der Waals surface area (Å²) >= 11 is 0. The average Bonchev–Trinajstić information content (AvgIpc) is 1.87. The van der Waals surface area contributed by atoms with Crippen LogP contribution in [0.4, 0.5) is 0 Å². The first-order valence-corrected chi connectivity index (χ1v) is 4.63. The van der Waals surface area contributed by atoms with E-state index in [-0.39, 0.29) is 11.5 Å². The van der Waals surface area contributed by atoms with Crippen molar-refractivity contribution in [2.45, 2.75) is 53.6 Å². The van der Waals surface area contributed by atoms with Gasteiger partial charge in [-0.05, 0) is 24.7 Å². The van der Waals surface area contributed by atoms with Gasteiger partial charge in [-0.2, -0.15) is 0 Å². The summed E-state index contributed by atoms with van der Waals surface area (Å²) in [4.78, 5) is 0. The molecule has 2 unspecified atom stereocenters. The molecule has 1 heteroatoms. The summed E-state index contributed by atoms with van der Waals surface area (Å²) in [6.45, 7) is 10.6. The first-order valence-electron chi connectivity index (χ1n) is 4.63. The van der Waals surface area contributed by atoms with Crippen molar-refractivity contribution >= 4 is 0 Å². The van der Waals surface area contributed by atoms with Crippen LogP contribution in [-0.4, -0.2) is 11.2 Å². The molecule has 1 nitrogen and oxygen atoms in total. The molecule has 0 aromatic rings. The lowest BCUT2D eigenvalue weighted by Gasteiger charge is -2.36. The van der Waals surface area contributed by atoms with Crippen LogP contribution < -0.4 is 0 Å². The molecule has 0 amide bonds. The predicted molar refractivity (Wildman–Crippen MR) is 49.5 cm³/mol. The lowest BCUT2D eigenvalue weighted by molar-refractivity contribution is 0.00924. The average molecular weight is 158 g/mol. The number of aliphatic hydroxyl groups excluding tert-OH is 1. The van der Waals surface area contributed by atoms with Gasteiger partial charge in [-0.15, -0.1) is 0 Å². The van der Waals surface area contributed by atoms with Crippen molar-refractivity contribution < 1.29 is 5.11 Å². The molecule has 0 aromatic carbocycles. The summed E-state index contributed by atoms with van der Waals surface area (Å²) in [5, 5.41) is 9.57. The van der Waals surface area contributed by atoms with Crippen molar-refractivity contribution in [2.24, 2.45) is 11.3 Å². The molecule has 11 heavy (non-hydrogen) atoms. The highest BCUT2D eigenvalue weighted by molar-refractivity contribution is 4.81. The van der Waals surface area contributed by atoms with E-state index >= 15 is 0 Å². The number of aliphatic hydroxyl groups is 1. The highest BCUT2D eigenvalue weighted by Gasteiger charge is 2.32. The molecular weight excluding hydrogens is 136 g/mol. The van der Waals surface area contributed by atoms with Crippen molar-refractivity contribution in [3.8, 4) is 0 Å². The van der Waals surface area contributed by atoms with Crippen LogP contribution in [0.3, 0.4) is 0 Å². The third kappa shape index (κ3) is 2.48. The zero-order valence-corrected chi connectivity index (χ0v) is 8.52. The Labute approximate surface area is 70.8 Å².